The van der Waals surface area contributed by atoms with E-state index >= 15 is 0 Å². The molecular formula is C9H12N6. The molecule has 0 radical (unpaired) electrons. The fraction of sp³-hybridized carbons (Fsp3) is 0.222. The topological polar surface area (TPSA) is 92.5 Å². The third-order valence-corrected chi connectivity index (χ3v) is 1.98. The van der Waals surface area contributed by atoms with Gasteiger partial charge in [0.2, 0.25) is 11.9 Å². The normalized spacial score (nSPS) is 12.3. The van der Waals surface area contributed by atoms with Gasteiger partial charge in [0.15, 0.2) is 0 Å². The highest BCUT2D eigenvalue weighted by Gasteiger charge is 2.08. The van der Waals surface area contributed by atoms with E-state index < -0.39 is 0 Å². The molecule has 0 saturated heterocycles. The maximum Gasteiger partial charge on any atom is 0.244 e. The highest BCUT2D eigenvalue weighted by Crippen LogP contribution is 2.13. The zero-order chi connectivity index (χ0) is 10.7. The second-order valence-corrected chi connectivity index (χ2v) is 3.16. The number of pyridine rings is 1. The highest BCUT2D eigenvalue weighted by atomic mass is 15.3. The van der Waals surface area contributed by atoms with Gasteiger partial charge in [-0.15, -0.1) is 5.10 Å². The first-order chi connectivity index (χ1) is 7.25. The lowest BCUT2D eigenvalue weighted by Crippen LogP contribution is -2.09. The number of aromatic nitrogens is 4. The minimum absolute atomic E-state index is 0.0430. The molecule has 0 spiro atoms. The Balaban J connectivity index is 2.07. The van der Waals surface area contributed by atoms with Gasteiger partial charge in [-0.1, -0.05) is 6.07 Å². The average molecular weight is 204 g/mol. The number of rotatable bonds is 3. The molecule has 0 bridgehead atoms. The molecule has 1 unspecified atom stereocenters. The molecule has 0 aliphatic rings. The summed E-state index contributed by atoms with van der Waals surface area (Å²) in [5.74, 6) is 0.774. The predicted octanol–water partition coefficient (Wildman–Crippen LogP) is 0.955. The molecule has 6 heteroatoms. The van der Waals surface area contributed by atoms with E-state index in [4.69, 9.17) is 5.73 Å². The summed E-state index contributed by atoms with van der Waals surface area (Å²) in [6, 6.07) is 5.79. The van der Waals surface area contributed by atoms with Crippen LogP contribution < -0.4 is 11.1 Å². The van der Waals surface area contributed by atoms with Crippen molar-refractivity contribution in [2.45, 2.75) is 13.0 Å². The molecule has 0 aliphatic heterocycles. The Hall–Kier alpha value is -2.11. The average Bonchev–Trinajstić information content (AvgIpc) is 2.65. The minimum atomic E-state index is 0.0430. The molecule has 2 aromatic rings. The third-order valence-electron chi connectivity index (χ3n) is 1.98. The van der Waals surface area contributed by atoms with Gasteiger partial charge < -0.3 is 11.1 Å². The van der Waals surface area contributed by atoms with Gasteiger partial charge in [0.1, 0.15) is 0 Å². The summed E-state index contributed by atoms with van der Waals surface area (Å²) in [6.45, 7) is 1.98. The maximum atomic E-state index is 5.41. The van der Waals surface area contributed by atoms with Crippen LogP contribution in [-0.2, 0) is 0 Å². The third kappa shape index (κ3) is 2.22. The van der Waals surface area contributed by atoms with Crippen LogP contribution in [0.15, 0.2) is 24.4 Å². The summed E-state index contributed by atoms with van der Waals surface area (Å²) in [6.07, 6.45) is 1.75. The van der Waals surface area contributed by atoms with E-state index in [0.29, 0.717) is 11.9 Å². The Bertz CT molecular complexity index is 423. The first kappa shape index (κ1) is 9.45. The van der Waals surface area contributed by atoms with Crippen LogP contribution in [0.1, 0.15) is 18.7 Å². The number of nitrogens with two attached hydrogens (primary N) is 1. The number of nitrogens with zero attached hydrogens (tertiary/aromatic N) is 3. The lowest BCUT2D eigenvalue weighted by molar-refractivity contribution is 0.823. The van der Waals surface area contributed by atoms with Gasteiger partial charge in [-0.05, 0) is 19.1 Å². The van der Waals surface area contributed by atoms with Gasteiger partial charge >= 0.3 is 0 Å². The molecule has 2 rings (SSSR count). The summed E-state index contributed by atoms with van der Waals surface area (Å²) in [4.78, 5) is 8.17. The Labute approximate surface area is 86.9 Å². The molecule has 0 fully saturated rings. The largest absolute Gasteiger partial charge is 0.368 e. The van der Waals surface area contributed by atoms with Gasteiger partial charge in [-0.3, -0.25) is 4.98 Å². The molecule has 4 N–H and O–H groups in total. The number of nitrogen functional groups attached to an aromatic ring is 1. The molecule has 6 nitrogen and oxygen atoms in total. The lowest BCUT2D eigenvalue weighted by atomic mass is 10.2. The SMILES string of the molecule is CC(Nc1n[nH]c(N)n1)c1ccccn1. The van der Waals surface area contributed by atoms with Crippen LogP contribution >= 0.6 is 0 Å². The fourth-order valence-corrected chi connectivity index (χ4v) is 1.24. The van der Waals surface area contributed by atoms with Crippen molar-refractivity contribution in [2.24, 2.45) is 0 Å². The van der Waals surface area contributed by atoms with E-state index in [-0.39, 0.29) is 6.04 Å². The van der Waals surface area contributed by atoms with E-state index in [2.05, 4.69) is 25.5 Å². The molecule has 0 aromatic carbocycles. The number of anilines is 2. The van der Waals surface area contributed by atoms with Crippen LogP contribution in [0.4, 0.5) is 11.9 Å². The Morgan fingerprint density at radius 3 is 2.93 bits per heavy atom. The Morgan fingerprint density at radius 2 is 2.33 bits per heavy atom. The van der Waals surface area contributed by atoms with E-state index in [9.17, 15) is 0 Å². The van der Waals surface area contributed by atoms with Crippen molar-refractivity contribution in [1.82, 2.24) is 20.2 Å². The van der Waals surface area contributed by atoms with E-state index in [1.165, 1.54) is 0 Å². The van der Waals surface area contributed by atoms with Crippen molar-refractivity contribution in [2.75, 3.05) is 11.1 Å². The lowest BCUT2D eigenvalue weighted by Gasteiger charge is -2.10. The first-order valence-corrected chi connectivity index (χ1v) is 4.61. The standard InChI is InChI=1S/C9H12N6/c1-6(7-4-2-3-5-11-7)12-9-13-8(10)14-15-9/h2-6H,1H3,(H4,10,12,13,14,15). The van der Waals surface area contributed by atoms with Crippen molar-refractivity contribution in [1.29, 1.82) is 0 Å². The van der Waals surface area contributed by atoms with Crippen molar-refractivity contribution in [3.8, 4) is 0 Å². The Kier molecular flexibility index (Phi) is 2.49. The number of aromatic amines is 1. The summed E-state index contributed by atoms with van der Waals surface area (Å²) in [5, 5.41) is 9.52. The molecule has 78 valence electrons. The van der Waals surface area contributed by atoms with Gasteiger partial charge in [0.05, 0.1) is 11.7 Å². The molecule has 0 saturated carbocycles. The van der Waals surface area contributed by atoms with Crippen molar-refractivity contribution < 1.29 is 0 Å². The van der Waals surface area contributed by atoms with Crippen LogP contribution in [0.3, 0.4) is 0 Å². The van der Waals surface area contributed by atoms with Crippen LogP contribution in [0.5, 0.6) is 0 Å². The van der Waals surface area contributed by atoms with Crippen molar-refractivity contribution >= 4 is 11.9 Å². The van der Waals surface area contributed by atoms with Gasteiger partial charge in [0, 0.05) is 6.20 Å². The number of H-pyrrole nitrogens is 1. The monoisotopic (exact) mass is 204 g/mol. The van der Waals surface area contributed by atoms with Crippen LogP contribution in [0.2, 0.25) is 0 Å². The number of hydrogen-bond donors (Lipinski definition) is 3. The summed E-state index contributed by atoms with van der Waals surface area (Å²) >= 11 is 0. The van der Waals surface area contributed by atoms with Crippen LogP contribution in [-0.4, -0.2) is 20.2 Å². The summed E-state index contributed by atoms with van der Waals surface area (Å²) < 4.78 is 0. The van der Waals surface area contributed by atoms with Gasteiger partial charge in [-0.2, -0.15) is 4.98 Å². The van der Waals surface area contributed by atoms with E-state index in [1.807, 2.05) is 25.1 Å². The fourth-order valence-electron chi connectivity index (χ4n) is 1.24. The molecular weight excluding hydrogens is 192 g/mol. The molecule has 15 heavy (non-hydrogen) atoms. The van der Waals surface area contributed by atoms with E-state index in [0.717, 1.165) is 5.69 Å². The predicted molar refractivity (Wildman–Crippen MR) is 57.1 cm³/mol. The molecule has 2 aromatic heterocycles. The Morgan fingerprint density at radius 1 is 1.47 bits per heavy atom. The quantitative estimate of drug-likeness (QED) is 0.692. The maximum absolute atomic E-state index is 5.41. The summed E-state index contributed by atoms with van der Waals surface area (Å²) in [7, 11) is 0. The van der Waals surface area contributed by atoms with Crippen molar-refractivity contribution in [3.05, 3.63) is 30.1 Å². The number of nitrogens with one attached hydrogen (secondary N) is 2. The first-order valence-electron chi connectivity index (χ1n) is 4.61. The smallest absolute Gasteiger partial charge is 0.244 e. The molecule has 2 heterocycles. The minimum Gasteiger partial charge on any atom is -0.368 e. The van der Waals surface area contributed by atoms with Crippen LogP contribution in [0.25, 0.3) is 0 Å². The van der Waals surface area contributed by atoms with Crippen molar-refractivity contribution in [3.63, 3.8) is 0 Å². The zero-order valence-corrected chi connectivity index (χ0v) is 8.31. The molecule has 0 amide bonds. The molecule has 0 aliphatic carbocycles. The molecule has 1 atom stereocenters. The second kappa shape index (κ2) is 3.95. The van der Waals surface area contributed by atoms with Gasteiger partial charge in [0.25, 0.3) is 0 Å². The van der Waals surface area contributed by atoms with Gasteiger partial charge in [-0.25, -0.2) is 5.10 Å². The summed E-state index contributed by atoms with van der Waals surface area (Å²) in [5.41, 5.74) is 6.34. The highest BCUT2D eigenvalue weighted by molar-refractivity contribution is 5.32. The van der Waals surface area contributed by atoms with E-state index in [1.54, 1.807) is 6.20 Å². The zero-order valence-electron chi connectivity index (χ0n) is 8.31. The number of hydrogen-bond acceptors (Lipinski definition) is 5. The second-order valence-electron chi connectivity index (χ2n) is 3.16. The van der Waals surface area contributed by atoms with Crippen LogP contribution in [0, 0.1) is 0 Å².